The quantitative estimate of drug-likeness (QED) is 0.866. The molecule has 0 radical (unpaired) electrons. The van der Waals surface area contributed by atoms with Crippen molar-refractivity contribution in [3.05, 3.63) is 35.9 Å². The molecule has 1 aromatic carbocycles. The molecule has 4 heteroatoms. The van der Waals surface area contributed by atoms with Gasteiger partial charge in [-0.05, 0) is 30.9 Å². The molecular weight excluding hydrogens is 274 g/mol. The van der Waals surface area contributed by atoms with E-state index in [-0.39, 0.29) is 0 Å². The summed E-state index contributed by atoms with van der Waals surface area (Å²) in [6.07, 6.45) is 11.2. The van der Waals surface area contributed by atoms with Gasteiger partial charge in [-0.2, -0.15) is 0 Å². The third kappa shape index (κ3) is 2.70. The summed E-state index contributed by atoms with van der Waals surface area (Å²) in [6.45, 7) is 2.11. The number of imidazole rings is 1. The van der Waals surface area contributed by atoms with Crippen LogP contribution in [0.4, 0.5) is 5.69 Å². The number of hydrogen-bond donors (Lipinski definition) is 1. The van der Waals surface area contributed by atoms with Crippen LogP contribution in [0.1, 0.15) is 56.3 Å². The Kier molecular flexibility index (Phi) is 4.36. The van der Waals surface area contributed by atoms with Crippen molar-refractivity contribution in [2.75, 3.05) is 12.8 Å². The molecule has 118 valence electrons. The van der Waals surface area contributed by atoms with Crippen LogP contribution in [0.2, 0.25) is 0 Å². The van der Waals surface area contributed by atoms with Crippen LogP contribution in [0.5, 0.6) is 5.75 Å². The average Bonchev–Trinajstić information content (AvgIpc) is 3.04. The number of nitrogens with zero attached hydrogens (tertiary/aromatic N) is 2. The molecule has 1 aliphatic rings. The minimum Gasteiger partial charge on any atom is -0.496 e. The summed E-state index contributed by atoms with van der Waals surface area (Å²) in [7, 11) is 1.71. The van der Waals surface area contributed by atoms with Crippen LogP contribution in [-0.2, 0) is 6.42 Å². The van der Waals surface area contributed by atoms with Crippen molar-refractivity contribution in [1.82, 2.24) is 9.55 Å². The van der Waals surface area contributed by atoms with E-state index in [1.807, 2.05) is 24.5 Å². The number of hydrogen-bond acceptors (Lipinski definition) is 3. The van der Waals surface area contributed by atoms with Crippen molar-refractivity contribution >= 4 is 5.69 Å². The fourth-order valence-electron chi connectivity index (χ4n) is 3.49. The molecule has 0 unspecified atom stereocenters. The predicted molar refractivity (Wildman–Crippen MR) is 89.7 cm³/mol. The lowest BCUT2D eigenvalue weighted by Gasteiger charge is -2.23. The zero-order valence-electron chi connectivity index (χ0n) is 13.5. The Morgan fingerprint density at radius 2 is 2.05 bits per heavy atom. The molecule has 0 saturated heterocycles. The van der Waals surface area contributed by atoms with Crippen molar-refractivity contribution in [3.8, 4) is 11.4 Å². The lowest BCUT2D eigenvalue weighted by atomic mass is 9.88. The second kappa shape index (κ2) is 6.42. The number of benzene rings is 1. The topological polar surface area (TPSA) is 53.1 Å². The highest BCUT2D eigenvalue weighted by Crippen LogP contribution is 2.35. The predicted octanol–water partition coefficient (Wildman–Crippen LogP) is 4.07. The Balaban J connectivity index is 2.03. The molecule has 0 aliphatic heterocycles. The Labute approximate surface area is 132 Å². The number of nitrogen functional groups attached to an aromatic ring is 1. The van der Waals surface area contributed by atoms with Crippen LogP contribution in [-0.4, -0.2) is 16.7 Å². The van der Waals surface area contributed by atoms with Crippen molar-refractivity contribution in [3.63, 3.8) is 0 Å². The molecule has 0 atom stereocenters. The third-order valence-corrected chi connectivity index (χ3v) is 4.71. The molecule has 2 N–H and O–H groups in total. The number of rotatable bonds is 4. The first-order chi connectivity index (χ1) is 10.7. The van der Waals surface area contributed by atoms with Gasteiger partial charge in [-0.1, -0.05) is 26.2 Å². The Hall–Kier alpha value is -1.97. The zero-order valence-corrected chi connectivity index (χ0v) is 13.5. The van der Waals surface area contributed by atoms with Gasteiger partial charge in [-0.15, -0.1) is 0 Å². The monoisotopic (exact) mass is 299 g/mol. The number of anilines is 1. The van der Waals surface area contributed by atoms with Gasteiger partial charge in [0.2, 0.25) is 0 Å². The Bertz CT molecular complexity index is 642. The highest BCUT2D eigenvalue weighted by Gasteiger charge is 2.21. The van der Waals surface area contributed by atoms with E-state index in [0.717, 1.165) is 34.9 Å². The standard InChI is InChI=1S/C18H25N3O/c1-3-13-11-15(19)16(12-17(13)22-2)21-10-9-20-18(21)14-7-5-4-6-8-14/h9-12,14H,3-8,19H2,1-2H3. The molecule has 4 nitrogen and oxygen atoms in total. The summed E-state index contributed by atoms with van der Waals surface area (Å²) in [6, 6.07) is 4.07. The summed E-state index contributed by atoms with van der Waals surface area (Å²) in [5.41, 5.74) is 9.21. The second-order valence-corrected chi connectivity index (χ2v) is 6.07. The first-order valence-electron chi connectivity index (χ1n) is 8.24. The van der Waals surface area contributed by atoms with Gasteiger partial charge in [-0.25, -0.2) is 4.98 Å². The van der Waals surface area contributed by atoms with Gasteiger partial charge in [0.05, 0.1) is 18.5 Å². The maximum atomic E-state index is 6.31. The van der Waals surface area contributed by atoms with Crippen molar-refractivity contribution < 1.29 is 4.74 Å². The van der Waals surface area contributed by atoms with E-state index >= 15 is 0 Å². The average molecular weight is 299 g/mol. The highest BCUT2D eigenvalue weighted by atomic mass is 16.5. The van der Waals surface area contributed by atoms with Crippen LogP contribution >= 0.6 is 0 Å². The largest absolute Gasteiger partial charge is 0.496 e. The number of methoxy groups -OCH3 is 1. The number of aryl methyl sites for hydroxylation is 1. The summed E-state index contributed by atoms with van der Waals surface area (Å²) in [4.78, 5) is 4.62. The van der Waals surface area contributed by atoms with Gasteiger partial charge < -0.3 is 15.0 Å². The van der Waals surface area contributed by atoms with Gasteiger partial charge >= 0.3 is 0 Å². The van der Waals surface area contributed by atoms with Gasteiger partial charge in [0.15, 0.2) is 0 Å². The van der Waals surface area contributed by atoms with Gasteiger partial charge in [-0.3, -0.25) is 0 Å². The lowest BCUT2D eigenvalue weighted by molar-refractivity contribution is 0.409. The molecule has 0 spiro atoms. The molecule has 0 bridgehead atoms. The molecule has 1 aliphatic carbocycles. The van der Waals surface area contributed by atoms with Crippen LogP contribution in [0.3, 0.4) is 0 Å². The maximum absolute atomic E-state index is 6.31. The maximum Gasteiger partial charge on any atom is 0.124 e. The summed E-state index contributed by atoms with van der Waals surface area (Å²) < 4.78 is 7.67. The fourth-order valence-corrected chi connectivity index (χ4v) is 3.49. The lowest BCUT2D eigenvalue weighted by Crippen LogP contribution is -2.12. The first-order valence-corrected chi connectivity index (χ1v) is 8.24. The first kappa shape index (κ1) is 14.9. The van der Waals surface area contributed by atoms with E-state index < -0.39 is 0 Å². The highest BCUT2D eigenvalue weighted by molar-refractivity contribution is 5.64. The van der Waals surface area contributed by atoms with Crippen LogP contribution in [0.25, 0.3) is 5.69 Å². The molecule has 22 heavy (non-hydrogen) atoms. The van der Waals surface area contributed by atoms with E-state index in [0.29, 0.717) is 5.92 Å². The normalized spacial score (nSPS) is 15.9. The van der Waals surface area contributed by atoms with E-state index in [1.165, 1.54) is 32.1 Å². The molecule has 2 aromatic rings. The molecule has 3 rings (SSSR count). The smallest absolute Gasteiger partial charge is 0.124 e. The Morgan fingerprint density at radius 3 is 2.73 bits per heavy atom. The minimum atomic E-state index is 0.542. The Morgan fingerprint density at radius 1 is 1.27 bits per heavy atom. The van der Waals surface area contributed by atoms with Crippen LogP contribution in [0, 0.1) is 0 Å². The van der Waals surface area contributed by atoms with Gasteiger partial charge in [0, 0.05) is 24.4 Å². The molecule has 0 amide bonds. The zero-order chi connectivity index (χ0) is 15.5. The van der Waals surface area contributed by atoms with Crippen LogP contribution < -0.4 is 10.5 Å². The van der Waals surface area contributed by atoms with Crippen molar-refractivity contribution in [2.24, 2.45) is 0 Å². The number of aromatic nitrogens is 2. The molecule has 1 saturated carbocycles. The van der Waals surface area contributed by atoms with Gasteiger partial charge in [0.1, 0.15) is 11.6 Å². The molecule has 1 heterocycles. The van der Waals surface area contributed by atoms with Crippen LogP contribution in [0.15, 0.2) is 24.5 Å². The summed E-state index contributed by atoms with van der Waals surface area (Å²) in [5.74, 6) is 2.58. The third-order valence-electron chi connectivity index (χ3n) is 4.71. The van der Waals surface area contributed by atoms with Crippen molar-refractivity contribution in [1.29, 1.82) is 0 Å². The van der Waals surface area contributed by atoms with E-state index in [4.69, 9.17) is 10.5 Å². The van der Waals surface area contributed by atoms with Crippen molar-refractivity contribution in [2.45, 2.75) is 51.4 Å². The van der Waals surface area contributed by atoms with E-state index in [9.17, 15) is 0 Å². The SMILES string of the molecule is CCc1cc(N)c(-n2ccnc2C2CCCCC2)cc1OC. The molecule has 1 fully saturated rings. The molecular formula is C18H25N3O. The molecule has 1 aromatic heterocycles. The van der Waals surface area contributed by atoms with E-state index in [2.05, 4.69) is 16.5 Å². The van der Waals surface area contributed by atoms with Gasteiger partial charge in [0.25, 0.3) is 0 Å². The van der Waals surface area contributed by atoms with E-state index in [1.54, 1.807) is 7.11 Å². The number of ether oxygens (including phenoxy) is 1. The minimum absolute atomic E-state index is 0.542. The number of nitrogens with two attached hydrogens (primary N) is 1. The summed E-state index contributed by atoms with van der Waals surface area (Å²) in [5, 5.41) is 0. The second-order valence-electron chi connectivity index (χ2n) is 6.07. The fraction of sp³-hybridized carbons (Fsp3) is 0.500. The summed E-state index contributed by atoms with van der Waals surface area (Å²) >= 11 is 0.